The van der Waals surface area contributed by atoms with Crippen molar-refractivity contribution in [2.45, 2.75) is 31.1 Å². The van der Waals surface area contributed by atoms with Crippen LogP contribution in [0.15, 0.2) is 42.5 Å². The van der Waals surface area contributed by atoms with E-state index in [1.165, 1.54) is 17.2 Å². The predicted octanol–water partition coefficient (Wildman–Crippen LogP) is 4.29. The molecule has 3 rings (SSSR count). The van der Waals surface area contributed by atoms with Gasteiger partial charge in [0.25, 0.3) is 0 Å². The van der Waals surface area contributed by atoms with E-state index >= 15 is 0 Å². The molecule has 2 aromatic rings. The lowest BCUT2D eigenvalue weighted by molar-refractivity contribution is 0.173. The molecule has 1 atom stereocenters. The summed E-state index contributed by atoms with van der Waals surface area (Å²) >= 11 is 5.75. The van der Waals surface area contributed by atoms with Gasteiger partial charge >= 0.3 is 0 Å². The third-order valence-electron chi connectivity index (χ3n) is 4.52. The Hall–Kier alpha value is -1.38. The Bertz CT molecular complexity index is 655. The van der Waals surface area contributed by atoms with Crippen LogP contribution in [0, 0.1) is 5.82 Å². The third-order valence-corrected chi connectivity index (χ3v) is 4.83. The summed E-state index contributed by atoms with van der Waals surface area (Å²) in [7, 11) is 0. The zero-order valence-corrected chi connectivity index (χ0v) is 12.5. The summed E-state index contributed by atoms with van der Waals surface area (Å²) in [4.78, 5) is 0. The van der Waals surface area contributed by atoms with Crippen molar-refractivity contribution in [3.63, 3.8) is 0 Å². The highest BCUT2D eigenvalue weighted by molar-refractivity contribution is 6.30. The minimum Gasteiger partial charge on any atom is -0.395 e. The molecule has 1 N–H and O–H groups in total. The maximum absolute atomic E-state index is 13.7. The molecule has 0 saturated carbocycles. The molecule has 0 aliphatic heterocycles. The molecule has 0 amide bonds. The maximum Gasteiger partial charge on any atom is 0.142 e. The Morgan fingerprint density at radius 3 is 2.76 bits per heavy atom. The maximum atomic E-state index is 13.7. The summed E-state index contributed by atoms with van der Waals surface area (Å²) in [5.41, 5.74) is 3.07. The summed E-state index contributed by atoms with van der Waals surface area (Å²) in [6.45, 7) is 0.0776. The molecular weight excluding hydrogens is 287 g/mol. The summed E-state index contributed by atoms with van der Waals surface area (Å²) in [5.74, 6) is -0.397. The summed E-state index contributed by atoms with van der Waals surface area (Å²) in [6, 6.07) is 13.2. The highest BCUT2D eigenvalue weighted by Crippen LogP contribution is 2.40. The number of hydrogen-bond donors (Lipinski definition) is 1. The molecule has 1 aliphatic rings. The highest BCUT2D eigenvalue weighted by Gasteiger charge is 2.36. The van der Waals surface area contributed by atoms with Crippen molar-refractivity contribution < 1.29 is 9.50 Å². The van der Waals surface area contributed by atoms with Gasteiger partial charge in [0.05, 0.1) is 11.6 Å². The second-order valence-corrected chi connectivity index (χ2v) is 6.28. The average molecular weight is 305 g/mol. The lowest BCUT2D eigenvalue weighted by Gasteiger charge is -2.38. The zero-order chi connectivity index (χ0) is 14.9. The van der Waals surface area contributed by atoms with Crippen molar-refractivity contribution in [2.75, 3.05) is 6.61 Å². The van der Waals surface area contributed by atoms with Crippen LogP contribution < -0.4 is 0 Å². The van der Waals surface area contributed by atoms with Crippen LogP contribution in [0.1, 0.15) is 29.5 Å². The average Bonchev–Trinajstić information content (AvgIpc) is 2.51. The second-order valence-electron chi connectivity index (χ2n) is 5.87. The fourth-order valence-corrected chi connectivity index (χ4v) is 3.57. The molecule has 2 aromatic carbocycles. The van der Waals surface area contributed by atoms with Crippen LogP contribution in [0.4, 0.5) is 4.39 Å². The van der Waals surface area contributed by atoms with Crippen molar-refractivity contribution in [1.82, 2.24) is 0 Å². The monoisotopic (exact) mass is 304 g/mol. The first-order chi connectivity index (χ1) is 10.1. The Morgan fingerprint density at radius 2 is 2.00 bits per heavy atom. The Kier molecular flexibility index (Phi) is 4.01. The topological polar surface area (TPSA) is 20.2 Å². The quantitative estimate of drug-likeness (QED) is 0.897. The number of halogens is 2. The molecule has 0 bridgehead atoms. The summed E-state index contributed by atoms with van der Waals surface area (Å²) < 4.78 is 13.7. The van der Waals surface area contributed by atoms with E-state index in [9.17, 15) is 9.50 Å². The van der Waals surface area contributed by atoms with Crippen molar-refractivity contribution in [1.29, 1.82) is 0 Å². The van der Waals surface area contributed by atoms with Crippen molar-refractivity contribution in [2.24, 2.45) is 0 Å². The molecular formula is C18H18ClFO. The standard InChI is InChI=1S/C18H18ClFO/c19-16-8-7-13(10-17(16)20)11-18(12-21)9-3-5-14-4-1-2-6-15(14)18/h1-2,4,6-8,10,21H,3,5,9,11-12H2. The number of fused-ring (bicyclic) bond motifs is 1. The van der Waals surface area contributed by atoms with Gasteiger partial charge in [-0.05, 0) is 54.5 Å². The van der Waals surface area contributed by atoms with Gasteiger partial charge < -0.3 is 5.11 Å². The van der Waals surface area contributed by atoms with E-state index in [0.717, 1.165) is 24.8 Å². The van der Waals surface area contributed by atoms with Gasteiger partial charge in [0.15, 0.2) is 0 Å². The first-order valence-corrected chi connectivity index (χ1v) is 7.66. The van der Waals surface area contributed by atoms with Gasteiger partial charge in [0.2, 0.25) is 0 Å². The predicted molar refractivity (Wildman–Crippen MR) is 83.3 cm³/mol. The molecule has 0 aromatic heterocycles. The number of hydrogen-bond acceptors (Lipinski definition) is 1. The first-order valence-electron chi connectivity index (χ1n) is 7.28. The molecule has 0 saturated heterocycles. The largest absolute Gasteiger partial charge is 0.395 e. The SMILES string of the molecule is OCC1(Cc2ccc(Cl)c(F)c2)CCCc2ccccc21. The van der Waals surface area contributed by atoms with Gasteiger partial charge in [-0.25, -0.2) is 4.39 Å². The van der Waals surface area contributed by atoms with Gasteiger partial charge in [-0.15, -0.1) is 0 Å². The summed E-state index contributed by atoms with van der Waals surface area (Å²) in [6.07, 6.45) is 3.65. The fraction of sp³-hybridized carbons (Fsp3) is 0.333. The molecule has 110 valence electrons. The number of benzene rings is 2. The second kappa shape index (κ2) is 5.78. The Labute approximate surface area is 129 Å². The fourth-order valence-electron chi connectivity index (χ4n) is 3.45. The molecule has 3 heteroatoms. The van der Waals surface area contributed by atoms with Crippen molar-refractivity contribution in [3.8, 4) is 0 Å². The molecule has 0 spiro atoms. The zero-order valence-electron chi connectivity index (χ0n) is 11.8. The van der Waals surface area contributed by atoms with Gasteiger partial charge in [0.1, 0.15) is 5.82 Å². The minimum atomic E-state index is -0.397. The van der Waals surface area contributed by atoms with E-state index in [1.807, 2.05) is 18.2 Å². The van der Waals surface area contributed by atoms with Gasteiger partial charge in [-0.1, -0.05) is 41.9 Å². The number of aryl methyl sites for hydroxylation is 1. The smallest absolute Gasteiger partial charge is 0.142 e. The molecule has 0 fully saturated rings. The van der Waals surface area contributed by atoms with Crippen LogP contribution >= 0.6 is 11.6 Å². The first kappa shape index (κ1) is 14.6. The molecule has 1 unspecified atom stereocenters. The lowest BCUT2D eigenvalue weighted by Crippen LogP contribution is -2.37. The molecule has 1 aliphatic carbocycles. The van der Waals surface area contributed by atoms with E-state index in [0.29, 0.717) is 6.42 Å². The van der Waals surface area contributed by atoms with E-state index in [2.05, 4.69) is 12.1 Å². The summed E-state index contributed by atoms with van der Waals surface area (Å²) in [5, 5.41) is 10.2. The van der Waals surface area contributed by atoms with Gasteiger partial charge in [-0.2, -0.15) is 0 Å². The number of aliphatic hydroxyl groups is 1. The van der Waals surface area contributed by atoms with Crippen molar-refractivity contribution >= 4 is 11.6 Å². The highest BCUT2D eigenvalue weighted by atomic mass is 35.5. The normalized spacial score (nSPS) is 21.1. The van der Waals surface area contributed by atoms with Gasteiger partial charge in [0, 0.05) is 5.41 Å². The lowest BCUT2D eigenvalue weighted by atomic mass is 9.67. The van der Waals surface area contributed by atoms with Crippen LogP contribution in [-0.4, -0.2) is 11.7 Å². The third kappa shape index (κ3) is 2.70. The number of aliphatic hydroxyl groups excluding tert-OH is 1. The van der Waals surface area contributed by atoms with E-state index in [4.69, 9.17) is 11.6 Å². The molecule has 0 radical (unpaired) electrons. The Morgan fingerprint density at radius 1 is 1.19 bits per heavy atom. The minimum absolute atomic E-state index is 0.0776. The van der Waals surface area contributed by atoms with Crippen LogP contribution in [0.25, 0.3) is 0 Å². The van der Waals surface area contributed by atoms with Crippen LogP contribution in [0.5, 0.6) is 0 Å². The van der Waals surface area contributed by atoms with Crippen molar-refractivity contribution in [3.05, 3.63) is 70.0 Å². The van der Waals surface area contributed by atoms with Gasteiger partial charge in [-0.3, -0.25) is 0 Å². The molecule has 1 nitrogen and oxygen atoms in total. The molecule has 0 heterocycles. The van der Waals surface area contributed by atoms with E-state index in [-0.39, 0.29) is 17.0 Å². The Balaban J connectivity index is 2.00. The van der Waals surface area contributed by atoms with E-state index < -0.39 is 5.82 Å². The molecule has 21 heavy (non-hydrogen) atoms. The van der Waals surface area contributed by atoms with Crippen LogP contribution in [0.2, 0.25) is 5.02 Å². The van der Waals surface area contributed by atoms with Crippen LogP contribution in [-0.2, 0) is 18.3 Å². The van der Waals surface area contributed by atoms with E-state index in [1.54, 1.807) is 6.07 Å². The van der Waals surface area contributed by atoms with Crippen LogP contribution in [0.3, 0.4) is 0 Å². The number of rotatable bonds is 3.